The summed E-state index contributed by atoms with van der Waals surface area (Å²) in [5, 5.41) is 3.02. The number of hydrogen-bond acceptors (Lipinski definition) is 2. The van der Waals surface area contributed by atoms with Gasteiger partial charge in [0.05, 0.1) is 0 Å². The molecule has 4 nitrogen and oxygen atoms in total. The van der Waals surface area contributed by atoms with Crippen LogP contribution in [0.4, 0.5) is 0 Å². The Bertz CT molecular complexity index is 1160. The summed E-state index contributed by atoms with van der Waals surface area (Å²) in [6, 6.07) is 35.9. The van der Waals surface area contributed by atoms with Crippen molar-refractivity contribution < 1.29 is 9.59 Å². The molecule has 0 radical (unpaired) electrons. The van der Waals surface area contributed by atoms with Gasteiger partial charge in [0.15, 0.2) is 0 Å². The van der Waals surface area contributed by atoms with Crippen LogP contribution < -0.4 is 11.1 Å². The molecule has 1 atom stereocenters. The third-order valence-electron chi connectivity index (χ3n) is 6.30. The van der Waals surface area contributed by atoms with E-state index in [0.717, 1.165) is 27.8 Å². The van der Waals surface area contributed by atoms with Crippen LogP contribution in [0.3, 0.4) is 0 Å². The summed E-state index contributed by atoms with van der Waals surface area (Å²) in [5.74, 6) is -0.867. The van der Waals surface area contributed by atoms with Gasteiger partial charge in [-0.2, -0.15) is 0 Å². The molecule has 0 spiro atoms. The summed E-state index contributed by atoms with van der Waals surface area (Å²) in [6.45, 7) is 1.98. The molecule has 0 fully saturated rings. The normalized spacial score (nSPS) is 12.0. The Morgan fingerprint density at radius 2 is 1.12 bits per heavy atom. The van der Waals surface area contributed by atoms with Crippen LogP contribution in [-0.2, 0) is 21.4 Å². The summed E-state index contributed by atoms with van der Waals surface area (Å²) in [5.41, 5.74) is 9.07. The first-order valence-electron chi connectivity index (χ1n) is 11.3. The quantitative estimate of drug-likeness (QED) is 0.389. The Morgan fingerprint density at radius 1 is 0.706 bits per heavy atom. The van der Waals surface area contributed by atoms with E-state index >= 15 is 0 Å². The minimum Gasteiger partial charge on any atom is -0.368 e. The molecule has 4 aromatic rings. The van der Waals surface area contributed by atoms with Gasteiger partial charge in [0, 0.05) is 6.42 Å². The highest BCUT2D eigenvalue weighted by Crippen LogP contribution is 2.39. The highest BCUT2D eigenvalue weighted by atomic mass is 16.2. The molecule has 0 saturated carbocycles. The van der Waals surface area contributed by atoms with Gasteiger partial charge in [-0.05, 0) is 34.7 Å². The number of nitrogens with one attached hydrogen (secondary N) is 1. The van der Waals surface area contributed by atoms with E-state index in [1.807, 2.05) is 122 Å². The first-order valence-corrected chi connectivity index (χ1v) is 11.3. The molecule has 3 N–H and O–H groups in total. The van der Waals surface area contributed by atoms with Crippen molar-refractivity contribution in [3.8, 4) is 0 Å². The van der Waals surface area contributed by atoms with Crippen LogP contribution in [0.2, 0.25) is 0 Å². The number of hydrogen-bond donors (Lipinski definition) is 2. The lowest BCUT2D eigenvalue weighted by Gasteiger charge is -2.35. The van der Waals surface area contributed by atoms with E-state index in [1.54, 1.807) is 0 Å². The van der Waals surface area contributed by atoms with Gasteiger partial charge in [0.2, 0.25) is 11.8 Å². The zero-order valence-electron chi connectivity index (χ0n) is 19.1. The lowest BCUT2D eigenvalue weighted by atomic mass is 9.68. The van der Waals surface area contributed by atoms with Gasteiger partial charge >= 0.3 is 0 Å². The number of carbonyl (C=O) groups excluding carboxylic acids is 2. The molecular formula is C30H28N2O2. The second kappa shape index (κ2) is 10.2. The summed E-state index contributed by atoms with van der Waals surface area (Å²) in [6.07, 6.45) is 0.322. The minimum absolute atomic E-state index is 0.298. The first kappa shape index (κ1) is 23.0. The van der Waals surface area contributed by atoms with Crippen LogP contribution in [0, 0.1) is 6.92 Å². The van der Waals surface area contributed by atoms with Crippen molar-refractivity contribution in [1.82, 2.24) is 5.32 Å². The SMILES string of the molecule is Cc1ccccc1C[C@H](NC(=O)C(c1ccccc1)(c1ccccc1)c1ccccc1)C(N)=O. The van der Waals surface area contributed by atoms with E-state index in [1.165, 1.54) is 0 Å². The van der Waals surface area contributed by atoms with Gasteiger partial charge in [0.25, 0.3) is 0 Å². The van der Waals surface area contributed by atoms with Crippen molar-refractivity contribution >= 4 is 11.8 Å². The zero-order chi connectivity index (χ0) is 24.0. The molecule has 4 aromatic carbocycles. The topological polar surface area (TPSA) is 72.2 Å². The standard InChI is InChI=1S/C30H28N2O2/c1-22-13-11-12-14-23(22)21-27(28(31)33)32-29(34)30(24-15-5-2-6-16-24,25-17-7-3-8-18-25)26-19-9-4-10-20-26/h2-20,27H,21H2,1H3,(H2,31,33)(H,32,34)/t27-/m0/s1. The van der Waals surface area contributed by atoms with Gasteiger partial charge in [-0.3, -0.25) is 9.59 Å². The molecule has 0 heterocycles. The molecule has 0 aliphatic rings. The smallest absolute Gasteiger partial charge is 0.240 e. The van der Waals surface area contributed by atoms with Crippen molar-refractivity contribution in [2.45, 2.75) is 24.8 Å². The maximum absolute atomic E-state index is 14.3. The molecule has 34 heavy (non-hydrogen) atoms. The fourth-order valence-corrected chi connectivity index (χ4v) is 4.51. The predicted molar refractivity (Wildman–Crippen MR) is 135 cm³/mol. The van der Waals surface area contributed by atoms with Crippen LogP contribution >= 0.6 is 0 Å². The van der Waals surface area contributed by atoms with E-state index in [9.17, 15) is 9.59 Å². The number of aryl methyl sites for hydroxylation is 1. The zero-order valence-corrected chi connectivity index (χ0v) is 19.1. The minimum atomic E-state index is -1.16. The number of carbonyl (C=O) groups is 2. The Labute approximate surface area is 200 Å². The van der Waals surface area contributed by atoms with E-state index in [0.29, 0.717) is 6.42 Å². The number of benzene rings is 4. The highest BCUT2D eigenvalue weighted by Gasteiger charge is 2.44. The lowest BCUT2D eigenvalue weighted by molar-refractivity contribution is -0.129. The number of rotatable bonds is 8. The molecule has 0 bridgehead atoms. The average molecular weight is 449 g/mol. The summed E-state index contributed by atoms with van der Waals surface area (Å²) >= 11 is 0. The summed E-state index contributed by atoms with van der Waals surface area (Å²) in [4.78, 5) is 26.8. The van der Waals surface area contributed by atoms with E-state index in [2.05, 4.69) is 5.32 Å². The number of nitrogens with two attached hydrogens (primary N) is 1. The fourth-order valence-electron chi connectivity index (χ4n) is 4.51. The molecule has 0 aliphatic heterocycles. The maximum atomic E-state index is 14.3. The first-order chi connectivity index (χ1) is 16.5. The monoisotopic (exact) mass is 448 g/mol. The van der Waals surface area contributed by atoms with Crippen molar-refractivity contribution in [2.24, 2.45) is 5.73 Å². The molecule has 2 amide bonds. The third-order valence-corrected chi connectivity index (χ3v) is 6.30. The van der Waals surface area contributed by atoms with Gasteiger partial charge in [0.1, 0.15) is 11.5 Å². The van der Waals surface area contributed by atoms with Crippen LogP contribution in [0.1, 0.15) is 27.8 Å². The van der Waals surface area contributed by atoms with Gasteiger partial charge in [-0.1, -0.05) is 115 Å². The van der Waals surface area contributed by atoms with Crippen molar-refractivity contribution in [1.29, 1.82) is 0 Å². The largest absolute Gasteiger partial charge is 0.368 e. The molecule has 170 valence electrons. The molecule has 0 saturated heterocycles. The van der Waals surface area contributed by atoms with E-state index in [4.69, 9.17) is 5.73 Å². The summed E-state index contributed by atoms with van der Waals surface area (Å²) in [7, 11) is 0. The molecule has 0 aliphatic carbocycles. The van der Waals surface area contributed by atoms with Crippen LogP contribution in [0.25, 0.3) is 0 Å². The highest BCUT2D eigenvalue weighted by molar-refractivity contribution is 5.98. The Kier molecular flexibility index (Phi) is 6.88. The number of primary amides is 1. The van der Waals surface area contributed by atoms with Gasteiger partial charge in [-0.15, -0.1) is 0 Å². The Morgan fingerprint density at radius 3 is 1.53 bits per heavy atom. The van der Waals surface area contributed by atoms with Crippen LogP contribution in [-0.4, -0.2) is 17.9 Å². The van der Waals surface area contributed by atoms with Crippen molar-refractivity contribution in [2.75, 3.05) is 0 Å². The van der Waals surface area contributed by atoms with E-state index in [-0.39, 0.29) is 5.91 Å². The van der Waals surface area contributed by atoms with Gasteiger partial charge < -0.3 is 11.1 Å². The average Bonchev–Trinajstić information content (AvgIpc) is 2.87. The van der Waals surface area contributed by atoms with Crippen molar-refractivity contribution in [3.05, 3.63) is 143 Å². The van der Waals surface area contributed by atoms with Gasteiger partial charge in [-0.25, -0.2) is 0 Å². The second-order valence-corrected chi connectivity index (χ2v) is 8.41. The Hall–Kier alpha value is -4.18. The predicted octanol–water partition coefficient (Wildman–Crippen LogP) is 4.54. The maximum Gasteiger partial charge on any atom is 0.240 e. The lowest BCUT2D eigenvalue weighted by Crippen LogP contribution is -2.54. The fraction of sp³-hybridized carbons (Fsp3) is 0.133. The molecule has 0 aromatic heterocycles. The van der Waals surface area contributed by atoms with Crippen molar-refractivity contribution in [3.63, 3.8) is 0 Å². The molecule has 0 unspecified atom stereocenters. The Balaban J connectivity index is 1.85. The molecule has 4 rings (SSSR count). The number of amides is 2. The second-order valence-electron chi connectivity index (χ2n) is 8.41. The van der Waals surface area contributed by atoms with Crippen LogP contribution in [0.15, 0.2) is 115 Å². The van der Waals surface area contributed by atoms with Crippen LogP contribution in [0.5, 0.6) is 0 Å². The summed E-state index contributed by atoms with van der Waals surface area (Å²) < 4.78 is 0. The third kappa shape index (κ3) is 4.48. The van der Waals surface area contributed by atoms with E-state index < -0.39 is 17.4 Å². The molecular weight excluding hydrogens is 420 g/mol. The molecule has 4 heteroatoms.